The van der Waals surface area contributed by atoms with E-state index in [9.17, 15) is 0 Å². The number of nitrogens with two attached hydrogens (primary N) is 1. The van der Waals surface area contributed by atoms with Gasteiger partial charge in [-0.1, -0.05) is 23.8 Å². The van der Waals surface area contributed by atoms with Crippen LogP contribution in [0.4, 0.5) is 0 Å². The SMILES string of the molecule is Cc1cc(C)c(CC(Cc2cccs2)NN)c(C)c1. The Bertz CT molecular complexity index is 509. The molecule has 0 fully saturated rings. The molecule has 0 aliphatic heterocycles. The lowest BCUT2D eigenvalue weighted by molar-refractivity contribution is 0.524. The van der Waals surface area contributed by atoms with Crippen molar-refractivity contribution in [2.24, 2.45) is 5.84 Å². The zero-order valence-corrected chi connectivity index (χ0v) is 12.7. The van der Waals surface area contributed by atoms with E-state index in [2.05, 4.69) is 55.8 Å². The molecule has 19 heavy (non-hydrogen) atoms. The molecule has 0 spiro atoms. The van der Waals surface area contributed by atoms with Gasteiger partial charge in [0.2, 0.25) is 0 Å². The maximum absolute atomic E-state index is 5.72. The van der Waals surface area contributed by atoms with E-state index in [-0.39, 0.29) is 0 Å². The third-order valence-corrected chi connectivity index (χ3v) is 4.45. The quantitative estimate of drug-likeness (QED) is 0.648. The summed E-state index contributed by atoms with van der Waals surface area (Å²) in [5, 5.41) is 2.12. The lowest BCUT2D eigenvalue weighted by Crippen LogP contribution is -2.38. The number of hydrogen-bond donors (Lipinski definition) is 2. The van der Waals surface area contributed by atoms with Crippen LogP contribution >= 0.6 is 11.3 Å². The van der Waals surface area contributed by atoms with Gasteiger partial charge >= 0.3 is 0 Å². The van der Waals surface area contributed by atoms with Crippen molar-refractivity contribution >= 4 is 11.3 Å². The summed E-state index contributed by atoms with van der Waals surface area (Å²) in [6, 6.07) is 9.06. The molecular weight excluding hydrogens is 252 g/mol. The number of nitrogens with one attached hydrogen (secondary N) is 1. The van der Waals surface area contributed by atoms with Gasteiger partial charge in [0.15, 0.2) is 0 Å². The standard InChI is InChI=1S/C16H22N2S/c1-11-7-12(2)16(13(3)8-11)10-14(18-17)9-15-5-4-6-19-15/h4-8,14,18H,9-10,17H2,1-3H3. The largest absolute Gasteiger partial charge is 0.271 e. The summed E-state index contributed by atoms with van der Waals surface area (Å²) >= 11 is 1.79. The average Bonchev–Trinajstić information content (AvgIpc) is 2.84. The molecule has 0 saturated carbocycles. The Hall–Kier alpha value is -1.16. The summed E-state index contributed by atoms with van der Waals surface area (Å²) in [5.41, 5.74) is 8.44. The second-order valence-electron chi connectivity index (χ2n) is 5.23. The fourth-order valence-corrected chi connectivity index (χ4v) is 3.43. The Morgan fingerprint density at radius 1 is 1.16 bits per heavy atom. The molecule has 2 aromatic rings. The van der Waals surface area contributed by atoms with E-state index in [1.807, 2.05) is 0 Å². The van der Waals surface area contributed by atoms with Crippen molar-refractivity contribution in [1.29, 1.82) is 0 Å². The minimum absolute atomic E-state index is 0.291. The summed E-state index contributed by atoms with van der Waals surface area (Å²) in [7, 11) is 0. The highest BCUT2D eigenvalue weighted by molar-refractivity contribution is 7.09. The first-order valence-corrected chi connectivity index (χ1v) is 7.53. The molecule has 1 unspecified atom stereocenters. The molecule has 3 heteroatoms. The van der Waals surface area contributed by atoms with Crippen LogP contribution in [0, 0.1) is 20.8 Å². The fraction of sp³-hybridized carbons (Fsp3) is 0.375. The summed E-state index contributed by atoms with van der Waals surface area (Å²) < 4.78 is 0. The average molecular weight is 274 g/mol. The van der Waals surface area contributed by atoms with Crippen molar-refractivity contribution < 1.29 is 0 Å². The number of hydrazine groups is 1. The molecule has 1 aromatic heterocycles. The molecule has 102 valence electrons. The zero-order valence-electron chi connectivity index (χ0n) is 11.9. The topological polar surface area (TPSA) is 38.0 Å². The van der Waals surface area contributed by atoms with Crippen LogP contribution in [0.5, 0.6) is 0 Å². The predicted octanol–water partition coefficient (Wildman–Crippen LogP) is 3.29. The van der Waals surface area contributed by atoms with Gasteiger partial charge in [-0.2, -0.15) is 0 Å². The predicted molar refractivity (Wildman–Crippen MR) is 83.5 cm³/mol. The van der Waals surface area contributed by atoms with Gasteiger partial charge < -0.3 is 0 Å². The molecular formula is C16H22N2S. The highest BCUT2D eigenvalue weighted by atomic mass is 32.1. The van der Waals surface area contributed by atoms with E-state index in [0.29, 0.717) is 6.04 Å². The van der Waals surface area contributed by atoms with Gasteiger partial charge in [-0.15, -0.1) is 11.3 Å². The van der Waals surface area contributed by atoms with E-state index >= 15 is 0 Å². The molecule has 3 N–H and O–H groups in total. The number of benzene rings is 1. The maximum Gasteiger partial charge on any atom is 0.0299 e. The van der Waals surface area contributed by atoms with Crippen molar-refractivity contribution in [3.63, 3.8) is 0 Å². The first kappa shape index (κ1) is 14.3. The molecule has 2 nitrogen and oxygen atoms in total. The molecule has 2 rings (SSSR count). The van der Waals surface area contributed by atoms with Gasteiger partial charge in [0.05, 0.1) is 0 Å². The van der Waals surface area contributed by atoms with E-state index in [4.69, 9.17) is 5.84 Å². The van der Waals surface area contributed by atoms with Crippen LogP contribution in [0.2, 0.25) is 0 Å². The highest BCUT2D eigenvalue weighted by Crippen LogP contribution is 2.20. The number of thiophene rings is 1. The highest BCUT2D eigenvalue weighted by Gasteiger charge is 2.13. The van der Waals surface area contributed by atoms with Crippen LogP contribution in [0.1, 0.15) is 27.1 Å². The first-order valence-electron chi connectivity index (χ1n) is 6.65. The van der Waals surface area contributed by atoms with Crippen molar-refractivity contribution in [2.45, 2.75) is 39.7 Å². The van der Waals surface area contributed by atoms with Crippen LogP contribution in [-0.2, 0) is 12.8 Å². The Balaban J connectivity index is 2.14. The normalized spacial score (nSPS) is 12.6. The monoisotopic (exact) mass is 274 g/mol. The molecule has 0 amide bonds. The van der Waals surface area contributed by atoms with E-state index in [1.165, 1.54) is 27.1 Å². The molecule has 0 bridgehead atoms. The minimum atomic E-state index is 0.291. The van der Waals surface area contributed by atoms with E-state index < -0.39 is 0 Å². The first-order chi connectivity index (χ1) is 9.10. The van der Waals surface area contributed by atoms with Gasteiger partial charge in [0.25, 0.3) is 0 Å². The van der Waals surface area contributed by atoms with Crippen LogP contribution in [0.25, 0.3) is 0 Å². The number of aryl methyl sites for hydroxylation is 3. The summed E-state index contributed by atoms with van der Waals surface area (Å²) in [4.78, 5) is 1.38. The minimum Gasteiger partial charge on any atom is -0.271 e. The Morgan fingerprint density at radius 2 is 1.84 bits per heavy atom. The van der Waals surface area contributed by atoms with Gasteiger partial charge in [-0.25, -0.2) is 0 Å². The van der Waals surface area contributed by atoms with Gasteiger partial charge in [0.1, 0.15) is 0 Å². The van der Waals surface area contributed by atoms with Crippen LogP contribution < -0.4 is 11.3 Å². The molecule has 0 saturated heterocycles. The summed E-state index contributed by atoms with van der Waals surface area (Å²) in [6.07, 6.45) is 1.97. The molecule has 1 aromatic carbocycles. The van der Waals surface area contributed by atoms with Crippen molar-refractivity contribution in [3.8, 4) is 0 Å². The van der Waals surface area contributed by atoms with E-state index in [1.54, 1.807) is 11.3 Å². The smallest absolute Gasteiger partial charge is 0.0299 e. The van der Waals surface area contributed by atoms with E-state index in [0.717, 1.165) is 12.8 Å². The number of hydrogen-bond acceptors (Lipinski definition) is 3. The summed E-state index contributed by atoms with van der Waals surface area (Å²) in [5.74, 6) is 5.72. The molecule has 0 radical (unpaired) electrons. The maximum atomic E-state index is 5.72. The van der Waals surface area contributed by atoms with Crippen molar-refractivity contribution in [2.75, 3.05) is 0 Å². The molecule has 0 aliphatic carbocycles. The molecule has 1 heterocycles. The van der Waals surface area contributed by atoms with Crippen LogP contribution in [0.15, 0.2) is 29.6 Å². The second kappa shape index (κ2) is 6.33. The Labute approximate surface area is 119 Å². The van der Waals surface area contributed by atoms with Gasteiger partial charge in [-0.3, -0.25) is 11.3 Å². The van der Waals surface area contributed by atoms with Crippen LogP contribution in [-0.4, -0.2) is 6.04 Å². The Morgan fingerprint density at radius 3 is 2.37 bits per heavy atom. The fourth-order valence-electron chi connectivity index (χ4n) is 2.64. The lowest BCUT2D eigenvalue weighted by atomic mass is 9.93. The van der Waals surface area contributed by atoms with Crippen molar-refractivity contribution in [3.05, 3.63) is 56.8 Å². The zero-order chi connectivity index (χ0) is 13.8. The lowest BCUT2D eigenvalue weighted by Gasteiger charge is -2.19. The third-order valence-electron chi connectivity index (χ3n) is 3.55. The Kier molecular flexibility index (Phi) is 4.75. The van der Waals surface area contributed by atoms with Gasteiger partial charge in [0, 0.05) is 10.9 Å². The van der Waals surface area contributed by atoms with Crippen molar-refractivity contribution in [1.82, 2.24) is 5.43 Å². The number of rotatable bonds is 5. The van der Waals surface area contributed by atoms with Gasteiger partial charge in [-0.05, 0) is 61.7 Å². The molecule has 1 atom stereocenters. The van der Waals surface area contributed by atoms with Crippen LogP contribution in [0.3, 0.4) is 0 Å². The summed E-state index contributed by atoms with van der Waals surface area (Å²) in [6.45, 7) is 6.52. The second-order valence-corrected chi connectivity index (χ2v) is 6.26. The third kappa shape index (κ3) is 3.66. The molecule has 0 aliphatic rings.